The van der Waals surface area contributed by atoms with Gasteiger partial charge in [-0.2, -0.15) is 0 Å². The molecule has 0 saturated carbocycles. The van der Waals surface area contributed by atoms with Crippen molar-refractivity contribution in [3.05, 3.63) is 11.8 Å². The maximum absolute atomic E-state index is 10.7. The molecule has 2 atom stereocenters. The summed E-state index contributed by atoms with van der Waals surface area (Å²) < 4.78 is 0. The van der Waals surface area contributed by atoms with Crippen molar-refractivity contribution in [1.82, 2.24) is 10.6 Å². The molecule has 0 aromatic carbocycles. The summed E-state index contributed by atoms with van der Waals surface area (Å²) in [5, 5.41) is 24.1. The van der Waals surface area contributed by atoms with Crippen LogP contribution in [0.1, 0.15) is 26.7 Å². The predicted octanol–water partition coefficient (Wildman–Crippen LogP) is 0.0532. The molecule has 0 aliphatic carbocycles. The Labute approximate surface area is 100 Å². The molecule has 0 spiro atoms. The number of carbonyl (C=O) groups is 1. The van der Waals surface area contributed by atoms with Gasteiger partial charge in [0.25, 0.3) is 0 Å². The van der Waals surface area contributed by atoms with Crippen molar-refractivity contribution in [3.63, 3.8) is 0 Å². The standard InChI is InChI=1S/C11H19N3O3/c1-3-9(7-15)14-11(4-2)12-5-8(6-13-11)10(16)17/h5-6,9,12,14-15H,3-4,7H2,1-2H3,(H,16,17). The Hall–Kier alpha value is -1.40. The van der Waals surface area contributed by atoms with Crippen molar-refractivity contribution >= 4 is 12.2 Å². The maximum atomic E-state index is 10.7. The zero-order valence-corrected chi connectivity index (χ0v) is 10.1. The van der Waals surface area contributed by atoms with Gasteiger partial charge in [0, 0.05) is 24.9 Å². The number of hydrogen-bond donors (Lipinski definition) is 4. The third-order valence-corrected chi connectivity index (χ3v) is 2.81. The fourth-order valence-electron chi connectivity index (χ4n) is 1.56. The lowest BCUT2D eigenvalue weighted by atomic mass is 10.1. The first kappa shape index (κ1) is 13.7. The molecule has 0 bridgehead atoms. The van der Waals surface area contributed by atoms with Crippen LogP contribution in [0.15, 0.2) is 16.8 Å². The maximum Gasteiger partial charge on any atom is 0.338 e. The summed E-state index contributed by atoms with van der Waals surface area (Å²) in [6.45, 7) is 3.91. The molecule has 0 saturated heterocycles. The second-order valence-electron chi connectivity index (χ2n) is 3.95. The number of rotatable bonds is 6. The average molecular weight is 241 g/mol. The van der Waals surface area contributed by atoms with E-state index in [0.717, 1.165) is 6.42 Å². The Morgan fingerprint density at radius 3 is 2.71 bits per heavy atom. The van der Waals surface area contributed by atoms with Crippen LogP contribution in [0, 0.1) is 0 Å². The monoisotopic (exact) mass is 241 g/mol. The quantitative estimate of drug-likeness (QED) is 0.527. The number of carboxylic acid groups (broad SMARTS) is 1. The highest BCUT2D eigenvalue weighted by Crippen LogP contribution is 2.14. The van der Waals surface area contributed by atoms with Crippen molar-refractivity contribution in [2.24, 2.45) is 4.99 Å². The molecular formula is C11H19N3O3. The molecule has 17 heavy (non-hydrogen) atoms. The largest absolute Gasteiger partial charge is 0.478 e. The lowest BCUT2D eigenvalue weighted by molar-refractivity contribution is -0.132. The highest BCUT2D eigenvalue weighted by molar-refractivity contribution is 6.08. The SMILES string of the molecule is CCC(CO)NC1(CC)N=CC(C(=O)O)=CN1. The van der Waals surface area contributed by atoms with Crippen LogP contribution in [0.25, 0.3) is 0 Å². The normalized spacial score (nSPS) is 25.0. The first-order valence-electron chi connectivity index (χ1n) is 5.71. The Morgan fingerprint density at radius 1 is 1.65 bits per heavy atom. The molecule has 0 radical (unpaired) electrons. The van der Waals surface area contributed by atoms with Crippen molar-refractivity contribution in [2.75, 3.05) is 6.61 Å². The van der Waals surface area contributed by atoms with Gasteiger partial charge in [-0.05, 0) is 6.42 Å². The van der Waals surface area contributed by atoms with Gasteiger partial charge >= 0.3 is 5.97 Å². The summed E-state index contributed by atoms with van der Waals surface area (Å²) in [5.74, 6) is -1.73. The topological polar surface area (TPSA) is 94.0 Å². The Balaban J connectivity index is 2.75. The van der Waals surface area contributed by atoms with Gasteiger partial charge in [-0.3, -0.25) is 5.32 Å². The van der Waals surface area contributed by atoms with E-state index in [2.05, 4.69) is 15.6 Å². The number of aliphatic hydroxyl groups is 1. The van der Waals surface area contributed by atoms with Gasteiger partial charge in [0.1, 0.15) is 0 Å². The zero-order valence-electron chi connectivity index (χ0n) is 10.1. The minimum Gasteiger partial charge on any atom is -0.478 e. The highest BCUT2D eigenvalue weighted by Gasteiger charge is 2.30. The van der Waals surface area contributed by atoms with Gasteiger partial charge < -0.3 is 15.5 Å². The molecule has 0 amide bonds. The number of carboxylic acids is 1. The lowest BCUT2D eigenvalue weighted by Gasteiger charge is -2.35. The van der Waals surface area contributed by atoms with Crippen LogP contribution in [0.5, 0.6) is 0 Å². The number of aliphatic carboxylic acids is 1. The molecule has 1 rings (SSSR count). The van der Waals surface area contributed by atoms with Gasteiger partial charge in [-0.15, -0.1) is 0 Å². The van der Waals surface area contributed by atoms with Crippen LogP contribution in [-0.4, -0.2) is 40.8 Å². The fraction of sp³-hybridized carbons (Fsp3) is 0.636. The zero-order chi connectivity index (χ0) is 12.9. The summed E-state index contributed by atoms with van der Waals surface area (Å²) >= 11 is 0. The number of aliphatic hydroxyl groups excluding tert-OH is 1. The van der Waals surface area contributed by atoms with E-state index >= 15 is 0 Å². The molecule has 96 valence electrons. The summed E-state index contributed by atoms with van der Waals surface area (Å²) in [6.07, 6.45) is 4.17. The van der Waals surface area contributed by atoms with Crippen LogP contribution >= 0.6 is 0 Å². The van der Waals surface area contributed by atoms with E-state index in [0.29, 0.717) is 6.42 Å². The Morgan fingerprint density at radius 2 is 2.35 bits per heavy atom. The Kier molecular flexibility index (Phi) is 4.65. The van der Waals surface area contributed by atoms with Crippen molar-refractivity contribution in [1.29, 1.82) is 0 Å². The van der Waals surface area contributed by atoms with Gasteiger partial charge in [0.15, 0.2) is 5.79 Å². The first-order chi connectivity index (χ1) is 8.06. The molecule has 6 heteroatoms. The fourth-order valence-corrected chi connectivity index (χ4v) is 1.56. The van der Waals surface area contributed by atoms with E-state index in [1.165, 1.54) is 12.4 Å². The molecule has 2 unspecified atom stereocenters. The number of nitrogens with zero attached hydrogens (tertiary/aromatic N) is 1. The van der Waals surface area contributed by atoms with Crippen molar-refractivity contribution < 1.29 is 15.0 Å². The molecule has 0 fully saturated rings. The third-order valence-electron chi connectivity index (χ3n) is 2.81. The smallest absolute Gasteiger partial charge is 0.338 e. The van der Waals surface area contributed by atoms with Crippen LogP contribution in [-0.2, 0) is 4.79 Å². The van der Waals surface area contributed by atoms with Crippen LogP contribution in [0.2, 0.25) is 0 Å². The van der Waals surface area contributed by atoms with Gasteiger partial charge in [0.05, 0.1) is 12.2 Å². The van der Waals surface area contributed by atoms with E-state index in [-0.39, 0.29) is 18.2 Å². The summed E-state index contributed by atoms with van der Waals surface area (Å²) in [4.78, 5) is 14.9. The van der Waals surface area contributed by atoms with Crippen LogP contribution in [0.3, 0.4) is 0 Å². The van der Waals surface area contributed by atoms with E-state index < -0.39 is 11.8 Å². The van der Waals surface area contributed by atoms with Gasteiger partial charge in [-0.25, -0.2) is 9.79 Å². The minimum absolute atomic E-state index is 0.0188. The minimum atomic E-state index is -1.01. The summed E-state index contributed by atoms with van der Waals surface area (Å²) in [5.41, 5.74) is 0.118. The predicted molar refractivity (Wildman–Crippen MR) is 64.7 cm³/mol. The molecule has 4 N–H and O–H groups in total. The molecule has 1 heterocycles. The second kappa shape index (κ2) is 5.79. The molecule has 1 aliphatic rings. The number of hydrogen-bond acceptors (Lipinski definition) is 5. The molecule has 0 aromatic rings. The highest BCUT2D eigenvalue weighted by atomic mass is 16.4. The number of aliphatic imine (C=N–C) groups is 1. The van der Waals surface area contributed by atoms with Gasteiger partial charge in [0.2, 0.25) is 0 Å². The van der Waals surface area contributed by atoms with E-state index in [1.807, 2.05) is 13.8 Å². The summed E-state index contributed by atoms with van der Waals surface area (Å²) in [7, 11) is 0. The first-order valence-corrected chi connectivity index (χ1v) is 5.71. The van der Waals surface area contributed by atoms with Crippen molar-refractivity contribution in [2.45, 2.75) is 38.5 Å². The Bertz CT molecular complexity index is 337. The molecule has 0 aromatic heterocycles. The average Bonchev–Trinajstić information content (AvgIpc) is 2.36. The van der Waals surface area contributed by atoms with E-state index in [4.69, 9.17) is 10.2 Å². The molecular weight excluding hydrogens is 222 g/mol. The van der Waals surface area contributed by atoms with E-state index in [1.54, 1.807) is 0 Å². The number of nitrogens with one attached hydrogen (secondary N) is 2. The van der Waals surface area contributed by atoms with Crippen LogP contribution in [0.4, 0.5) is 0 Å². The molecule has 1 aliphatic heterocycles. The second-order valence-corrected chi connectivity index (χ2v) is 3.95. The van der Waals surface area contributed by atoms with E-state index in [9.17, 15) is 4.79 Å². The lowest BCUT2D eigenvalue weighted by Crippen LogP contribution is -2.58. The van der Waals surface area contributed by atoms with Gasteiger partial charge in [-0.1, -0.05) is 13.8 Å². The molecule has 6 nitrogen and oxygen atoms in total. The van der Waals surface area contributed by atoms with Crippen LogP contribution < -0.4 is 10.6 Å². The third kappa shape index (κ3) is 3.28. The van der Waals surface area contributed by atoms with Crippen molar-refractivity contribution in [3.8, 4) is 0 Å². The summed E-state index contributed by atoms with van der Waals surface area (Å²) in [6, 6.07) is -0.0700.